The molecule has 3 aromatic rings. The molecule has 0 saturated carbocycles. The number of hydrogen-bond donors (Lipinski definition) is 0. The summed E-state index contributed by atoms with van der Waals surface area (Å²) in [7, 11) is 1.71. The number of methoxy groups -OCH3 is 1. The Morgan fingerprint density at radius 1 is 1.15 bits per heavy atom. The van der Waals surface area contributed by atoms with Gasteiger partial charge in [-0.15, -0.1) is 11.3 Å². The summed E-state index contributed by atoms with van der Waals surface area (Å²) >= 11 is 5.54. The Bertz CT molecular complexity index is 714. The number of rotatable bonds is 4. The third-order valence-electron chi connectivity index (χ3n) is 3.42. The van der Waals surface area contributed by atoms with Crippen LogP contribution >= 0.6 is 27.3 Å². The Morgan fingerprint density at radius 2 is 1.95 bits per heavy atom. The maximum absolute atomic E-state index is 5.26. The van der Waals surface area contributed by atoms with Gasteiger partial charge in [-0.05, 0) is 28.8 Å². The summed E-state index contributed by atoms with van der Waals surface area (Å²) in [6, 6.07) is 17.2. The molecule has 2 aromatic carbocycles. The highest BCUT2D eigenvalue weighted by Gasteiger charge is 2.13. The molecular formula is C17H15BrOS. The van der Waals surface area contributed by atoms with E-state index in [4.69, 9.17) is 4.74 Å². The summed E-state index contributed by atoms with van der Waals surface area (Å²) in [6.07, 6.45) is 0.977. The zero-order chi connectivity index (χ0) is 13.9. The molecule has 3 rings (SSSR count). The van der Waals surface area contributed by atoms with Crippen molar-refractivity contribution >= 4 is 38.0 Å². The van der Waals surface area contributed by atoms with E-state index < -0.39 is 0 Å². The number of hydrogen-bond acceptors (Lipinski definition) is 2. The van der Waals surface area contributed by atoms with Gasteiger partial charge in [-0.25, -0.2) is 0 Å². The molecule has 0 radical (unpaired) electrons. The SMILES string of the molecule is COc1csc(C(Br)Cc2cccc3ccccc23)c1. The predicted octanol–water partition coefficient (Wildman–Crippen LogP) is 5.59. The first-order valence-electron chi connectivity index (χ1n) is 6.51. The first-order chi connectivity index (χ1) is 9.78. The molecule has 0 bridgehead atoms. The zero-order valence-electron chi connectivity index (χ0n) is 11.2. The van der Waals surface area contributed by atoms with Gasteiger partial charge in [0.2, 0.25) is 0 Å². The third-order valence-corrected chi connectivity index (χ3v) is 5.56. The summed E-state index contributed by atoms with van der Waals surface area (Å²) in [6.45, 7) is 0. The summed E-state index contributed by atoms with van der Waals surface area (Å²) in [5.74, 6) is 0.937. The molecule has 1 atom stereocenters. The highest BCUT2D eigenvalue weighted by molar-refractivity contribution is 9.09. The van der Waals surface area contributed by atoms with Crippen LogP contribution in [0.1, 0.15) is 15.3 Å². The van der Waals surface area contributed by atoms with Crippen LogP contribution in [0.25, 0.3) is 10.8 Å². The van der Waals surface area contributed by atoms with Crippen LogP contribution in [0, 0.1) is 0 Å². The maximum Gasteiger partial charge on any atom is 0.129 e. The van der Waals surface area contributed by atoms with Crippen LogP contribution in [-0.2, 0) is 6.42 Å². The van der Waals surface area contributed by atoms with Gasteiger partial charge in [-0.2, -0.15) is 0 Å². The van der Waals surface area contributed by atoms with Gasteiger partial charge in [-0.1, -0.05) is 58.4 Å². The molecule has 1 heterocycles. The molecule has 102 valence electrons. The molecule has 3 heteroatoms. The van der Waals surface area contributed by atoms with Crippen molar-refractivity contribution in [3.8, 4) is 5.75 Å². The van der Waals surface area contributed by atoms with E-state index in [0.29, 0.717) is 4.83 Å². The highest BCUT2D eigenvalue weighted by atomic mass is 79.9. The molecule has 1 nitrogen and oxygen atoms in total. The standard InChI is InChI=1S/C17H15BrOS/c1-19-14-10-17(20-11-14)16(18)9-13-7-4-6-12-5-2-3-8-15(12)13/h2-8,10-11,16H,9H2,1H3. The average Bonchev–Trinajstić information content (AvgIpc) is 2.97. The molecule has 0 aliphatic rings. The van der Waals surface area contributed by atoms with E-state index in [2.05, 4.69) is 64.5 Å². The number of halogens is 1. The molecular weight excluding hydrogens is 332 g/mol. The Kier molecular flexibility index (Phi) is 4.08. The molecule has 0 saturated heterocycles. The van der Waals surface area contributed by atoms with Crippen molar-refractivity contribution in [2.24, 2.45) is 0 Å². The number of benzene rings is 2. The lowest BCUT2D eigenvalue weighted by molar-refractivity contribution is 0.416. The maximum atomic E-state index is 5.26. The smallest absolute Gasteiger partial charge is 0.129 e. The van der Waals surface area contributed by atoms with E-state index in [1.54, 1.807) is 18.4 Å². The molecule has 0 aliphatic heterocycles. The van der Waals surface area contributed by atoms with Crippen LogP contribution in [0.4, 0.5) is 0 Å². The molecule has 20 heavy (non-hydrogen) atoms. The topological polar surface area (TPSA) is 9.23 Å². The molecule has 0 aliphatic carbocycles. The molecule has 1 aromatic heterocycles. The first-order valence-corrected chi connectivity index (χ1v) is 8.30. The minimum Gasteiger partial charge on any atom is -0.496 e. The lowest BCUT2D eigenvalue weighted by Crippen LogP contribution is -1.94. The Labute approximate surface area is 131 Å². The summed E-state index contributed by atoms with van der Waals surface area (Å²) in [5, 5.41) is 4.68. The van der Waals surface area contributed by atoms with Crippen molar-refractivity contribution in [1.82, 2.24) is 0 Å². The van der Waals surface area contributed by atoms with E-state index in [9.17, 15) is 0 Å². The van der Waals surface area contributed by atoms with Crippen molar-refractivity contribution in [3.63, 3.8) is 0 Å². The van der Waals surface area contributed by atoms with Crippen LogP contribution in [-0.4, -0.2) is 7.11 Å². The Hall–Kier alpha value is -1.32. The monoisotopic (exact) mass is 346 g/mol. The zero-order valence-corrected chi connectivity index (χ0v) is 13.6. The number of ether oxygens (including phenoxy) is 1. The van der Waals surface area contributed by atoms with Gasteiger partial charge < -0.3 is 4.74 Å². The van der Waals surface area contributed by atoms with Crippen molar-refractivity contribution in [3.05, 3.63) is 64.4 Å². The number of fused-ring (bicyclic) bond motifs is 1. The van der Waals surface area contributed by atoms with Gasteiger partial charge >= 0.3 is 0 Å². The number of alkyl halides is 1. The van der Waals surface area contributed by atoms with Crippen molar-refractivity contribution in [2.75, 3.05) is 7.11 Å². The van der Waals surface area contributed by atoms with E-state index in [-0.39, 0.29) is 0 Å². The fourth-order valence-corrected chi connectivity index (χ4v) is 4.01. The second kappa shape index (κ2) is 5.98. The molecule has 1 unspecified atom stereocenters. The van der Waals surface area contributed by atoms with Crippen LogP contribution in [0.3, 0.4) is 0 Å². The van der Waals surface area contributed by atoms with Crippen molar-refractivity contribution < 1.29 is 4.74 Å². The average molecular weight is 347 g/mol. The van der Waals surface area contributed by atoms with Gasteiger partial charge in [0.05, 0.1) is 11.9 Å². The largest absolute Gasteiger partial charge is 0.496 e. The van der Waals surface area contributed by atoms with Crippen molar-refractivity contribution in [1.29, 1.82) is 0 Å². The lowest BCUT2D eigenvalue weighted by atomic mass is 10.0. The first kappa shape index (κ1) is 13.7. The Balaban J connectivity index is 1.89. The second-order valence-electron chi connectivity index (χ2n) is 4.70. The molecule has 0 fully saturated rings. The van der Waals surface area contributed by atoms with E-state index in [1.807, 2.05) is 5.38 Å². The molecule has 0 amide bonds. The van der Waals surface area contributed by atoms with Gasteiger partial charge in [-0.3, -0.25) is 0 Å². The molecule has 0 spiro atoms. The van der Waals surface area contributed by atoms with Crippen LogP contribution in [0.15, 0.2) is 53.9 Å². The minimum absolute atomic E-state index is 0.321. The van der Waals surface area contributed by atoms with Gasteiger partial charge in [0, 0.05) is 10.3 Å². The summed E-state index contributed by atoms with van der Waals surface area (Å²) in [5.41, 5.74) is 1.37. The van der Waals surface area contributed by atoms with Crippen molar-refractivity contribution in [2.45, 2.75) is 11.2 Å². The fraction of sp³-hybridized carbons (Fsp3) is 0.176. The summed E-state index contributed by atoms with van der Waals surface area (Å²) in [4.78, 5) is 1.62. The quantitative estimate of drug-likeness (QED) is 0.559. The highest BCUT2D eigenvalue weighted by Crippen LogP contribution is 2.35. The lowest BCUT2D eigenvalue weighted by Gasteiger charge is -2.10. The normalized spacial score (nSPS) is 12.5. The minimum atomic E-state index is 0.321. The predicted molar refractivity (Wildman–Crippen MR) is 90.2 cm³/mol. The Morgan fingerprint density at radius 3 is 2.75 bits per heavy atom. The van der Waals surface area contributed by atoms with Gasteiger partial charge in [0.25, 0.3) is 0 Å². The van der Waals surface area contributed by atoms with Gasteiger partial charge in [0.15, 0.2) is 0 Å². The third kappa shape index (κ3) is 2.74. The van der Waals surface area contributed by atoms with E-state index in [0.717, 1.165) is 12.2 Å². The van der Waals surface area contributed by atoms with E-state index in [1.165, 1.54) is 21.2 Å². The van der Waals surface area contributed by atoms with Crippen LogP contribution < -0.4 is 4.74 Å². The number of thiophene rings is 1. The van der Waals surface area contributed by atoms with Gasteiger partial charge in [0.1, 0.15) is 5.75 Å². The van der Waals surface area contributed by atoms with Crippen LogP contribution in [0.5, 0.6) is 5.75 Å². The molecule has 0 N–H and O–H groups in total. The fourth-order valence-electron chi connectivity index (χ4n) is 2.37. The van der Waals surface area contributed by atoms with E-state index >= 15 is 0 Å². The summed E-state index contributed by atoms with van der Waals surface area (Å²) < 4.78 is 5.26. The second-order valence-corrected chi connectivity index (χ2v) is 6.75. The van der Waals surface area contributed by atoms with Crippen LogP contribution in [0.2, 0.25) is 0 Å².